The molecule has 0 radical (unpaired) electrons. The number of pyridine rings is 2. The normalized spacial score (nSPS) is 8.65. The third-order valence-corrected chi connectivity index (χ3v) is 2.62. The van der Waals surface area contributed by atoms with Crippen LogP contribution in [0.3, 0.4) is 0 Å². The minimum atomic E-state index is 0. The van der Waals surface area contributed by atoms with Gasteiger partial charge in [-0.3, -0.25) is 9.78 Å². The van der Waals surface area contributed by atoms with Gasteiger partial charge in [-0.1, -0.05) is 30.8 Å². The van der Waals surface area contributed by atoms with Crippen molar-refractivity contribution in [3.63, 3.8) is 0 Å². The molecule has 0 atom stereocenters. The van der Waals surface area contributed by atoms with E-state index in [-0.39, 0.29) is 20.3 Å². The number of H-pyrrole nitrogens is 1. The average Bonchev–Trinajstić information content (AvgIpc) is 2.12. The molecule has 0 amide bonds. The number of rotatable bonds is 0. The molecule has 4 heteroatoms. The van der Waals surface area contributed by atoms with Crippen molar-refractivity contribution < 1.29 is 0 Å². The van der Waals surface area contributed by atoms with E-state index in [1.54, 1.807) is 12.1 Å². The second kappa shape index (κ2) is 9.48. The maximum atomic E-state index is 10.7. The van der Waals surface area contributed by atoms with Gasteiger partial charge in [-0.2, -0.15) is 0 Å². The molecule has 0 saturated carbocycles. The number of aromatic nitrogens is 2. The third kappa shape index (κ3) is 7.89. The Kier molecular flexibility index (Phi) is 9.90. The zero-order valence-electron chi connectivity index (χ0n) is 11.0. The van der Waals surface area contributed by atoms with Gasteiger partial charge in [0.1, 0.15) is 0 Å². The zero-order valence-corrected chi connectivity index (χ0v) is 12.6. The summed E-state index contributed by atoms with van der Waals surface area (Å²) in [4.78, 5) is 17.9. The fraction of sp³-hybridized carbons (Fsp3) is 0.375. The Bertz CT molecular complexity index is 518. The van der Waals surface area contributed by atoms with E-state index in [2.05, 4.69) is 25.9 Å². The second-order valence-electron chi connectivity index (χ2n) is 4.25. The van der Waals surface area contributed by atoms with Crippen LogP contribution in [0.4, 0.5) is 0 Å². The van der Waals surface area contributed by atoms with Crippen LogP contribution in [0.5, 0.6) is 0 Å². The maximum Gasteiger partial charge on any atom is 0.182 e. The summed E-state index contributed by atoms with van der Waals surface area (Å²) in [5, 5.41) is 0. The highest BCUT2D eigenvalue weighted by Crippen LogP contribution is 2.10. The maximum absolute atomic E-state index is 10.7. The molecule has 0 aliphatic heterocycles. The van der Waals surface area contributed by atoms with Gasteiger partial charge in [0.15, 0.2) is 5.43 Å². The molecule has 0 bridgehead atoms. The van der Waals surface area contributed by atoms with Crippen LogP contribution in [0.1, 0.15) is 37.6 Å². The smallest absolute Gasteiger partial charge is 0.182 e. The number of aromatic amines is 1. The molecule has 112 valence electrons. The van der Waals surface area contributed by atoms with Gasteiger partial charge in [-0.25, -0.2) is 0 Å². The van der Waals surface area contributed by atoms with Crippen molar-refractivity contribution in [1.82, 2.24) is 9.97 Å². The summed E-state index contributed by atoms with van der Waals surface area (Å²) in [7, 11) is 0. The van der Waals surface area contributed by atoms with E-state index < -0.39 is 0 Å². The Morgan fingerprint density at radius 3 is 1.60 bits per heavy atom. The van der Waals surface area contributed by atoms with Crippen LogP contribution in [-0.2, 0) is 0 Å². The van der Waals surface area contributed by atoms with Crippen molar-refractivity contribution in [2.24, 2.45) is 0 Å². The molecular formula is C16H25BrN2O. The van der Waals surface area contributed by atoms with E-state index >= 15 is 0 Å². The molecule has 0 unspecified atom stereocenters. The molecule has 20 heavy (non-hydrogen) atoms. The first-order chi connectivity index (χ1) is 8.36. The van der Waals surface area contributed by atoms with Gasteiger partial charge in [0.05, 0.1) is 0 Å². The van der Waals surface area contributed by atoms with E-state index in [0.717, 1.165) is 27.2 Å². The molecule has 2 heterocycles. The Hall–Kier alpha value is -1.42. The van der Waals surface area contributed by atoms with E-state index in [1.807, 2.05) is 39.8 Å². The van der Waals surface area contributed by atoms with E-state index in [4.69, 9.17) is 0 Å². The Morgan fingerprint density at radius 2 is 1.30 bits per heavy atom. The first kappa shape index (κ1) is 20.9. The highest BCUT2D eigenvalue weighted by Gasteiger charge is 1.90. The molecule has 0 fully saturated rings. The van der Waals surface area contributed by atoms with Gasteiger partial charge in [0, 0.05) is 39.4 Å². The van der Waals surface area contributed by atoms with Crippen molar-refractivity contribution in [1.29, 1.82) is 0 Å². The summed E-state index contributed by atoms with van der Waals surface area (Å²) >= 11 is 3.37. The fourth-order valence-electron chi connectivity index (χ4n) is 1.64. The Morgan fingerprint density at radius 1 is 0.900 bits per heavy atom. The van der Waals surface area contributed by atoms with Crippen molar-refractivity contribution in [3.05, 3.63) is 61.7 Å². The lowest BCUT2D eigenvalue weighted by molar-refractivity contribution is 1.11. The molecule has 2 rings (SSSR count). The molecule has 2 aromatic heterocycles. The molecule has 3 nitrogen and oxygen atoms in total. The molecular weight excluding hydrogens is 316 g/mol. The molecule has 0 spiro atoms. The summed E-state index contributed by atoms with van der Waals surface area (Å²) < 4.78 is 1.10. The molecule has 0 aromatic carbocycles. The first-order valence-corrected chi connectivity index (χ1v) is 6.44. The van der Waals surface area contributed by atoms with E-state index in [0.29, 0.717) is 0 Å². The van der Waals surface area contributed by atoms with Crippen molar-refractivity contribution in [2.75, 3.05) is 0 Å². The monoisotopic (exact) mass is 340 g/mol. The van der Waals surface area contributed by atoms with Crippen molar-refractivity contribution in [3.8, 4) is 0 Å². The number of aryl methyl sites for hydroxylation is 4. The van der Waals surface area contributed by atoms with Crippen LogP contribution in [0.25, 0.3) is 0 Å². The van der Waals surface area contributed by atoms with Crippen LogP contribution >= 0.6 is 15.9 Å². The summed E-state index contributed by atoms with van der Waals surface area (Å²) in [6.45, 7) is 7.71. The summed E-state index contributed by atoms with van der Waals surface area (Å²) in [6, 6.07) is 7.14. The van der Waals surface area contributed by atoms with Crippen molar-refractivity contribution >= 4 is 15.9 Å². The SMILES string of the molecule is C.C.Cc1cc(=O)cc(C)[nH]1.Cc1cc(Br)cc(C)n1. The minimum absolute atomic E-state index is 0. The highest BCUT2D eigenvalue weighted by molar-refractivity contribution is 9.10. The number of nitrogens with zero attached hydrogens (tertiary/aromatic N) is 1. The highest BCUT2D eigenvalue weighted by atomic mass is 79.9. The fourth-order valence-corrected chi connectivity index (χ4v) is 2.30. The van der Waals surface area contributed by atoms with Crippen LogP contribution in [0.15, 0.2) is 33.5 Å². The molecule has 0 aliphatic carbocycles. The predicted molar refractivity (Wildman–Crippen MR) is 91.4 cm³/mol. The van der Waals surface area contributed by atoms with Gasteiger partial charge in [0.2, 0.25) is 0 Å². The Labute approximate surface area is 130 Å². The Balaban J connectivity index is 0. The first-order valence-electron chi connectivity index (χ1n) is 5.65. The number of nitrogens with one attached hydrogen (secondary N) is 1. The lowest BCUT2D eigenvalue weighted by Crippen LogP contribution is -2.00. The topological polar surface area (TPSA) is 45.8 Å². The van der Waals surface area contributed by atoms with Crippen molar-refractivity contribution in [2.45, 2.75) is 42.5 Å². The molecule has 1 N–H and O–H groups in total. The lowest BCUT2D eigenvalue weighted by atomic mass is 10.3. The number of hydrogen-bond donors (Lipinski definition) is 1. The van der Waals surface area contributed by atoms with Crippen LogP contribution in [0, 0.1) is 27.7 Å². The lowest BCUT2D eigenvalue weighted by Gasteiger charge is -1.94. The van der Waals surface area contributed by atoms with Crippen LogP contribution in [-0.4, -0.2) is 9.97 Å². The van der Waals surface area contributed by atoms with Gasteiger partial charge < -0.3 is 4.98 Å². The van der Waals surface area contributed by atoms with Gasteiger partial charge >= 0.3 is 0 Å². The third-order valence-electron chi connectivity index (χ3n) is 2.16. The van der Waals surface area contributed by atoms with Crippen LogP contribution < -0.4 is 5.43 Å². The predicted octanol–water partition coefficient (Wildman–Crippen LogP) is 4.72. The summed E-state index contributed by atoms with van der Waals surface area (Å²) in [6.07, 6.45) is 0. The zero-order chi connectivity index (χ0) is 13.7. The number of halogens is 1. The van der Waals surface area contributed by atoms with Gasteiger partial charge in [-0.15, -0.1) is 0 Å². The molecule has 0 saturated heterocycles. The van der Waals surface area contributed by atoms with E-state index in [1.165, 1.54) is 0 Å². The summed E-state index contributed by atoms with van der Waals surface area (Å²) in [5.74, 6) is 0. The molecule has 0 aliphatic rings. The second-order valence-corrected chi connectivity index (χ2v) is 5.17. The standard InChI is InChI=1S/C7H8BrN.C7H9NO.2CH4/c1-5-3-7(8)4-6(2)9-5;1-5-3-7(9)4-6(2)8-5;;/h3-4H,1-2H3;3-4H,1-2H3,(H,8,9);2*1H4. The largest absolute Gasteiger partial charge is 0.362 e. The van der Waals surface area contributed by atoms with Crippen LogP contribution in [0.2, 0.25) is 0 Å². The average molecular weight is 341 g/mol. The quantitative estimate of drug-likeness (QED) is 0.753. The number of hydrogen-bond acceptors (Lipinski definition) is 2. The van der Waals surface area contributed by atoms with Gasteiger partial charge in [0.25, 0.3) is 0 Å². The van der Waals surface area contributed by atoms with E-state index in [9.17, 15) is 4.79 Å². The van der Waals surface area contributed by atoms with Gasteiger partial charge in [-0.05, 0) is 39.8 Å². The molecule has 2 aromatic rings. The minimum Gasteiger partial charge on any atom is -0.362 e. The summed E-state index contributed by atoms with van der Waals surface area (Å²) in [5.41, 5.74) is 4.02.